The Bertz CT molecular complexity index is 249. The van der Waals surface area contributed by atoms with Crippen LogP contribution in [0.3, 0.4) is 0 Å². The van der Waals surface area contributed by atoms with E-state index in [1.54, 1.807) is 0 Å². The van der Waals surface area contributed by atoms with E-state index in [-0.39, 0.29) is 0 Å². The molecule has 0 radical (unpaired) electrons. The van der Waals surface area contributed by atoms with E-state index in [1.807, 2.05) is 0 Å². The third kappa shape index (κ3) is 1.36. The molecule has 0 aromatic rings. The molecule has 1 rings (SSSR count). The van der Waals surface area contributed by atoms with Crippen molar-refractivity contribution in [3.05, 3.63) is 24.2 Å². The quantitative estimate of drug-likeness (QED) is 0.557. The SMILES string of the molecule is O=C(O)C1(F)C=CC=C(F)N1. The van der Waals surface area contributed by atoms with Crippen molar-refractivity contribution in [3.63, 3.8) is 0 Å². The normalized spacial score (nSPS) is 29.1. The van der Waals surface area contributed by atoms with Crippen molar-refractivity contribution < 1.29 is 18.7 Å². The predicted octanol–water partition coefficient (Wildman–Crippen LogP) is 0.707. The lowest BCUT2D eigenvalue weighted by molar-refractivity contribution is -0.149. The lowest BCUT2D eigenvalue weighted by Gasteiger charge is -2.19. The van der Waals surface area contributed by atoms with Crippen LogP contribution in [-0.4, -0.2) is 16.9 Å². The number of carboxylic acids is 1. The second-order valence-electron chi connectivity index (χ2n) is 2.02. The van der Waals surface area contributed by atoms with Crippen molar-refractivity contribution in [1.82, 2.24) is 5.32 Å². The number of allylic oxidation sites excluding steroid dienone is 2. The third-order valence-corrected chi connectivity index (χ3v) is 1.18. The molecule has 5 heteroatoms. The molecule has 2 N–H and O–H groups in total. The molecule has 0 aromatic carbocycles. The lowest BCUT2D eigenvalue weighted by atomic mass is 10.2. The van der Waals surface area contributed by atoms with Crippen LogP contribution < -0.4 is 5.32 Å². The first-order valence-corrected chi connectivity index (χ1v) is 2.80. The first kappa shape index (κ1) is 7.71. The van der Waals surface area contributed by atoms with Crippen LogP contribution >= 0.6 is 0 Å². The molecule has 3 nitrogen and oxygen atoms in total. The van der Waals surface area contributed by atoms with Gasteiger partial charge in [0.05, 0.1) is 0 Å². The summed E-state index contributed by atoms with van der Waals surface area (Å²) in [6.07, 6.45) is 2.65. The minimum absolute atomic E-state index is 0.721. The van der Waals surface area contributed by atoms with Gasteiger partial charge < -0.3 is 10.4 Å². The largest absolute Gasteiger partial charge is 0.477 e. The summed E-state index contributed by atoms with van der Waals surface area (Å²) in [5, 5.41) is 9.77. The van der Waals surface area contributed by atoms with E-state index in [4.69, 9.17) is 5.11 Å². The fourth-order valence-electron chi connectivity index (χ4n) is 0.647. The Morgan fingerprint density at radius 1 is 1.73 bits per heavy atom. The van der Waals surface area contributed by atoms with Crippen LogP contribution in [0.1, 0.15) is 0 Å². The smallest absolute Gasteiger partial charge is 0.366 e. The van der Waals surface area contributed by atoms with E-state index in [0.717, 1.165) is 18.2 Å². The number of aliphatic carboxylic acids is 1. The lowest BCUT2D eigenvalue weighted by Crippen LogP contribution is -2.46. The van der Waals surface area contributed by atoms with E-state index in [1.165, 1.54) is 5.32 Å². The minimum atomic E-state index is -2.81. The van der Waals surface area contributed by atoms with Gasteiger partial charge in [0.1, 0.15) is 0 Å². The molecule has 0 fully saturated rings. The summed E-state index contributed by atoms with van der Waals surface area (Å²) in [7, 11) is 0. The van der Waals surface area contributed by atoms with E-state index in [0.29, 0.717) is 0 Å². The van der Waals surface area contributed by atoms with Gasteiger partial charge in [0.15, 0.2) is 5.95 Å². The van der Waals surface area contributed by atoms with E-state index >= 15 is 0 Å². The van der Waals surface area contributed by atoms with Crippen molar-refractivity contribution >= 4 is 5.97 Å². The molecule has 0 bridgehead atoms. The van der Waals surface area contributed by atoms with Crippen molar-refractivity contribution in [2.45, 2.75) is 5.79 Å². The molecular formula is C6H5F2NO2. The first-order chi connectivity index (χ1) is 5.04. The number of dihydropyridines is 1. The van der Waals surface area contributed by atoms with Gasteiger partial charge in [-0.1, -0.05) is 6.08 Å². The zero-order valence-electron chi connectivity index (χ0n) is 5.34. The number of halogens is 2. The van der Waals surface area contributed by atoms with Crippen LogP contribution in [0.25, 0.3) is 0 Å². The zero-order valence-corrected chi connectivity index (χ0v) is 5.34. The molecule has 0 saturated heterocycles. The molecule has 1 heterocycles. The van der Waals surface area contributed by atoms with E-state index in [2.05, 4.69) is 0 Å². The van der Waals surface area contributed by atoms with Gasteiger partial charge >= 0.3 is 5.97 Å². The van der Waals surface area contributed by atoms with E-state index in [9.17, 15) is 13.6 Å². The van der Waals surface area contributed by atoms with Gasteiger partial charge in [-0.3, -0.25) is 0 Å². The molecule has 1 unspecified atom stereocenters. The number of alkyl halides is 1. The average molecular weight is 161 g/mol. The summed E-state index contributed by atoms with van der Waals surface area (Å²) in [4.78, 5) is 10.1. The summed E-state index contributed by atoms with van der Waals surface area (Å²) >= 11 is 0. The van der Waals surface area contributed by atoms with Crippen LogP contribution in [-0.2, 0) is 4.79 Å². The monoisotopic (exact) mass is 161 g/mol. The van der Waals surface area contributed by atoms with Crippen molar-refractivity contribution in [2.24, 2.45) is 0 Å². The summed E-state index contributed by atoms with van der Waals surface area (Å²) in [6.45, 7) is 0. The molecule has 0 saturated carbocycles. The van der Waals surface area contributed by atoms with Gasteiger partial charge in [-0.15, -0.1) is 0 Å². The highest BCUT2D eigenvalue weighted by molar-refractivity contribution is 5.80. The molecule has 1 aliphatic heterocycles. The maximum Gasteiger partial charge on any atom is 0.366 e. The number of nitrogens with one attached hydrogen (secondary N) is 1. The Labute approximate surface area is 61.0 Å². The van der Waals surface area contributed by atoms with Crippen molar-refractivity contribution in [3.8, 4) is 0 Å². The number of carbonyl (C=O) groups is 1. The molecule has 60 valence electrons. The Balaban J connectivity index is 2.86. The summed E-state index contributed by atoms with van der Waals surface area (Å²) in [6, 6.07) is 0. The van der Waals surface area contributed by atoms with Gasteiger partial charge in [0.25, 0.3) is 5.79 Å². The summed E-state index contributed by atoms with van der Waals surface area (Å²) < 4.78 is 25.1. The van der Waals surface area contributed by atoms with Crippen LogP contribution in [0, 0.1) is 0 Å². The van der Waals surface area contributed by atoms with Crippen molar-refractivity contribution in [1.29, 1.82) is 0 Å². The highest BCUT2D eigenvalue weighted by Crippen LogP contribution is 2.16. The highest BCUT2D eigenvalue weighted by Gasteiger charge is 2.37. The Hall–Kier alpha value is -1.39. The fraction of sp³-hybridized carbons (Fsp3) is 0.167. The third-order valence-electron chi connectivity index (χ3n) is 1.18. The van der Waals surface area contributed by atoms with E-state index < -0.39 is 17.7 Å². The molecule has 0 spiro atoms. The molecule has 0 aromatic heterocycles. The maximum atomic E-state index is 12.9. The number of hydrogen-bond donors (Lipinski definition) is 2. The van der Waals surface area contributed by atoms with Gasteiger partial charge in [-0.25, -0.2) is 9.18 Å². The standard InChI is InChI=1S/C6H5F2NO2/c7-4-2-1-3-6(8,9-4)5(10)11/h1-3,9H,(H,10,11). The second-order valence-corrected chi connectivity index (χ2v) is 2.02. The minimum Gasteiger partial charge on any atom is -0.477 e. The van der Waals surface area contributed by atoms with Crippen molar-refractivity contribution in [2.75, 3.05) is 0 Å². The topological polar surface area (TPSA) is 49.3 Å². The summed E-state index contributed by atoms with van der Waals surface area (Å²) in [5.41, 5.74) is 0. The first-order valence-electron chi connectivity index (χ1n) is 2.80. The molecule has 0 aliphatic carbocycles. The molecule has 1 atom stereocenters. The molecule has 0 amide bonds. The molecular weight excluding hydrogens is 156 g/mol. The molecule has 11 heavy (non-hydrogen) atoms. The maximum absolute atomic E-state index is 12.9. The highest BCUT2D eigenvalue weighted by atomic mass is 19.2. The predicted molar refractivity (Wildman–Crippen MR) is 32.9 cm³/mol. The van der Waals surface area contributed by atoms with Gasteiger partial charge in [-0.2, -0.15) is 4.39 Å². The second kappa shape index (κ2) is 2.34. The summed E-state index contributed by atoms with van der Waals surface area (Å²) in [5.74, 6) is -5.58. The van der Waals surface area contributed by atoms with Crippen LogP contribution in [0.15, 0.2) is 24.2 Å². The Morgan fingerprint density at radius 3 is 2.73 bits per heavy atom. The van der Waals surface area contributed by atoms with Crippen LogP contribution in [0.5, 0.6) is 0 Å². The van der Waals surface area contributed by atoms with Crippen LogP contribution in [0.2, 0.25) is 0 Å². The van der Waals surface area contributed by atoms with Crippen LogP contribution in [0.4, 0.5) is 8.78 Å². The molecule has 1 aliphatic rings. The van der Waals surface area contributed by atoms with Gasteiger partial charge in [0, 0.05) is 0 Å². The fourth-order valence-corrected chi connectivity index (χ4v) is 0.647. The van der Waals surface area contributed by atoms with Gasteiger partial charge in [0.2, 0.25) is 0 Å². The number of rotatable bonds is 1. The number of hydrogen-bond acceptors (Lipinski definition) is 2. The Kier molecular flexibility index (Phi) is 1.64. The van der Waals surface area contributed by atoms with Gasteiger partial charge in [-0.05, 0) is 12.2 Å². The Morgan fingerprint density at radius 2 is 2.36 bits per heavy atom. The zero-order chi connectivity index (χ0) is 8.48. The average Bonchev–Trinajstić information content (AvgIpc) is 1.86. The number of carboxylic acid groups (broad SMARTS) is 1.